The molecule has 1 amide bonds. The minimum Gasteiger partial charge on any atom is -0.497 e. The molecule has 0 spiro atoms. The fourth-order valence-electron chi connectivity index (χ4n) is 3.58. The lowest BCUT2D eigenvalue weighted by molar-refractivity contribution is -0.131. The lowest BCUT2D eigenvalue weighted by atomic mass is 10.1. The molecule has 0 N–H and O–H groups in total. The molecule has 1 fully saturated rings. The van der Waals surface area contributed by atoms with Crippen molar-refractivity contribution in [3.05, 3.63) is 65.7 Å². The number of methoxy groups -OCH3 is 1. The van der Waals surface area contributed by atoms with Crippen LogP contribution < -0.4 is 4.74 Å². The van der Waals surface area contributed by atoms with Gasteiger partial charge in [0.05, 0.1) is 7.11 Å². The second-order valence-corrected chi connectivity index (χ2v) is 7.05. The van der Waals surface area contributed by atoms with Crippen LogP contribution in [0.3, 0.4) is 0 Å². The van der Waals surface area contributed by atoms with Crippen LogP contribution in [0, 0.1) is 0 Å². The van der Waals surface area contributed by atoms with Gasteiger partial charge >= 0.3 is 0 Å². The molecule has 2 aromatic rings. The zero-order chi connectivity index (χ0) is 18.4. The first-order valence-corrected chi connectivity index (χ1v) is 9.30. The van der Waals surface area contributed by atoms with Gasteiger partial charge in [0.1, 0.15) is 5.75 Å². The monoisotopic (exact) mass is 352 g/mol. The number of hydrogen-bond donors (Lipinski definition) is 0. The lowest BCUT2D eigenvalue weighted by Crippen LogP contribution is -2.33. The third-order valence-corrected chi connectivity index (χ3v) is 5.21. The number of amides is 1. The summed E-state index contributed by atoms with van der Waals surface area (Å²) in [5.41, 5.74) is 2.47. The predicted octanol–water partition coefficient (Wildman–Crippen LogP) is 3.71. The number of nitrogens with zero attached hydrogens (tertiary/aromatic N) is 2. The highest BCUT2D eigenvalue weighted by Crippen LogP contribution is 2.21. The van der Waals surface area contributed by atoms with Crippen molar-refractivity contribution in [1.82, 2.24) is 9.80 Å². The molecule has 1 aliphatic heterocycles. The van der Waals surface area contributed by atoms with E-state index < -0.39 is 0 Å². The average molecular weight is 352 g/mol. The number of rotatable bonds is 6. The molecule has 26 heavy (non-hydrogen) atoms. The first kappa shape index (κ1) is 18.5. The van der Waals surface area contributed by atoms with E-state index in [1.165, 1.54) is 5.56 Å². The molecule has 0 aliphatic carbocycles. The quantitative estimate of drug-likeness (QED) is 0.794. The minimum atomic E-state index is 0.261. The van der Waals surface area contributed by atoms with Crippen molar-refractivity contribution in [2.75, 3.05) is 20.7 Å². The van der Waals surface area contributed by atoms with Crippen molar-refractivity contribution >= 4 is 5.91 Å². The van der Waals surface area contributed by atoms with Gasteiger partial charge in [0.15, 0.2) is 0 Å². The first-order chi connectivity index (χ1) is 12.7. The molecule has 4 heteroatoms. The van der Waals surface area contributed by atoms with Crippen molar-refractivity contribution in [3.63, 3.8) is 0 Å². The maximum atomic E-state index is 12.6. The topological polar surface area (TPSA) is 32.8 Å². The Bertz CT molecular complexity index is 700. The Kier molecular flexibility index (Phi) is 6.29. The third-order valence-electron chi connectivity index (χ3n) is 5.21. The Balaban J connectivity index is 1.57. The molecule has 1 saturated heterocycles. The summed E-state index contributed by atoms with van der Waals surface area (Å²) < 4.78 is 5.20. The van der Waals surface area contributed by atoms with Crippen LogP contribution in [0.15, 0.2) is 54.6 Å². The molecular weight excluding hydrogens is 324 g/mol. The summed E-state index contributed by atoms with van der Waals surface area (Å²) in [6.45, 7) is 2.42. The van der Waals surface area contributed by atoms with Crippen LogP contribution in [0.4, 0.5) is 0 Å². The van der Waals surface area contributed by atoms with Crippen LogP contribution in [0.1, 0.15) is 30.4 Å². The zero-order valence-corrected chi connectivity index (χ0v) is 15.7. The Labute approximate surface area is 156 Å². The van der Waals surface area contributed by atoms with Gasteiger partial charge in [-0.2, -0.15) is 0 Å². The molecule has 138 valence electrons. The second kappa shape index (κ2) is 8.86. The largest absolute Gasteiger partial charge is 0.497 e. The molecule has 1 aliphatic rings. The van der Waals surface area contributed by atoms with E-state index in [1.54, 1.807) is 7.11 Å². The van der Waals surface area contributed by atoms with E-state index in [4.69, 9.17) is 4.74 Å². The van der Waals surface area contributed by atoms with Gasteiger partial charge < -0.3 is 9.64 Å². The van der Waals surface area contributed by atoms with Gasteiger partial charge in [-0.25, -0.2) is 0 Å². The zero-order valence-electron chi connectivity index (χ0n) is 15.7. The Hall–Kier alpha value is -2.33. The van der Waals surface area contributed by atoms with E-state index >= 15 is 0 Å². The van der Waals surface area contributed by atoms with Crippen LogP contribution in [0.2, 0.25) is 0 Å². The van der Waals surface area contributed by atoms with Crippen molar-refractivity contribution in [1.29, 1.82) is 0 Å². The van der Waals surface area contributed by atoms with E-state index in [1.807, 2.05) is 35.2 Å². The Morgan fingerprint density at radius 2 is 1.77 bits per heavy atom. The van der Waals surface area contributed by atoms with E-state index in [-0.39, 0.29) is 5.91 Å². The Morgan fingerprint density at radius 3 is 2.46 bits per heavy atom. The van der Waals surface area contributed by atoms with Crippen LogP contribution in [-0.4, -0.2) is 42.5 Å². The van der Waals surface area contributed by atoms with Crippen LogP contribution in [0.5, 0.6) is 5.75 Å². The molecule has 0 aromatic heterocycles. The number of hydrogen-bond acceptors (Lipinski definition) is 3. The van der Waals surface area contributed by atoms with E-state index in [9.17, 15) is 4.79 Å². The number of likely N-dealkylation sites (tertiary alicyclic amines) is 1. The standard InChI is InChI=1S/C22H28N2O2/c1-23(16-18-6-4-3-5-7-18)20-10-13-22(25)24(15-14-20)17-19-8-11-21(26-2)12-9-19/h3-9,11-12,20H,10,13-17H2,1-2H3. The van der Waals surface area contributed by atoms with Crippen molar-refractivity contribution in [3.8, 4) is 5.75 Å². The maximum Gasteiger partial charge on any atom is 0.222 e. The van der Waals surface area contributed by atoms with E-state index in [2.05, 4.69) is 36.2 Å². The fourth-order valence-corrected chi connectivity index (χ4v) is 3.58. The van der Waals surface area contributed by atoms with Gasteiger partial charge in [0.2, 0.25) is 5.91 Å². The molecule has 0 radical (unpaired) electrons. The summed E-state index contributed by atoms with van der Waals surface area (Å²) in [6, 6.07) is 19.0. The highest BCUT2D eigenvalue weighted by Gasteiger charge is 2.25. The summed E-state index contributed by atoms with van der Waals surface area (Å²) >= 11 is 0. The summed E-state index contributed by atoms with van der Waals surface area (Å²) in [4.78, 5) is 16.9. The summed E-state index contributed by atoms with van der Waals surface area (Å²) in [7, 11) is 3.83. The highest BCUT2D eigenvalue weighted by atomic mass is 16.5. The van der Waals surface area contributed by atoms with Gasteiger partial charge in [0, 0.05) is 32.1 Å². The molecule has 1 unspecified atom stereocenters. The maximum absolute atomic E-state index is 12.6. The van der Waals surface area contributed by atoms with Crippen molar-refractivity contribution in [2.45, 2.75) is 38.4 Å². The molecular formula is C22H28N2O2. The minimum absolute atomic E-state index is 0.261. The molecule has 1 heterocycles. The van der Waals surface area contributed by atoms with Gasteiger partial charge in [0.25, 0.3) is 0 Å². The Morgan fingerprint density at radius 1 is 1.04 bits per heavy atom. The molecule has 2 aromatic carbocycles. The van der Waals surface area contributed by atoms with Crippen molar-refractivity contribution < 1.29 is 9.53 Å². The second-order valence-electron chi connectivity index (χ2n) is 7.05. The summed E-state index contributed by atoms with van der Waals surface area (Å²) in [6.07, 6.45) is 2.58. The van der Waals surface area contributed by atoms with Crippen LogP contribution in [-0.2, 0) is 17.9 Å². The van der Waals surface area contributed by atoms with Crippen LogP contribution in [0.25, 0.3) is 0 Å². The average Bonchev–Trinajstić information content (AvgIpc) is 2.85. The predicted molar refractivity (Wildman–Crippen MR) is 104 cm³/mol. The SMILES string of the molecule is COc1ccc(CN2CCC(N(C)Cc3ccccc3)CCC2=O)cc1. The molecule has 4 nitrogen and oxygen atoms in total. The number of benzene rings is 2. The molecule has 0 saturated carbocycles. The van der Waals surface area contributed by atoms with E-state index in [0.717, 1.165) is 37.2 Å². The van der Waals surface area contributed by atoms with E-state index in [0.29, 0.717) is 19.0 Å². The summed E-state index contributed by atoms with van der Waals surface area (Å²) in [5, 5.41) is 0. The summed E-state index contributed by atoms with van der Waals surface area (Å²) in [5.74, 6) is 1.11. The van der Waals surface area contributed by atoms with Gasteiger partial charge in [-0.3, -0.25) is 9.69 Å². The highest BCUT2D eigenvalue weighted by molar-refractivity contribution is 5.76. The molecule has 0 bridgehead atoms. The number of carbonyl (C=O) groups excluding carboxylic acids is 1. The lowest BCUT2D eigenvalue weighted by Gasteiger charge is -2.27. The van der Waals surface area contributed by atoms with Gasteiger partial charge in [-0.15, -0.1) is 0 Å². The smallest absolute Gasteiger partial charge is 0.222 e. The molecule has 1 atom stereocenters. The third kappa shape index (κ3) is 4.85. The van der Waals surface area contributed by atoms with Gasteiger partial charge in [-0.05, 0) is 43.1 Å². The fraction of sp³-hybridized carbons (Fsp3) is 0.409. The van der Waals surface area contributed by atoms with Crippen molar-refractivity contribution in [2.24, 2.45) is 0 Å². The molecule has 3 rings (SSSR count). The number of ether oxygens (including phenoxy) is 1. The number of carbonyl (C=O) groups is 1. The first-order valence-electron chi connectivity index (χ1n) is 9.30. The normalized spacial score (nSPS) is 18.0. The van der Waals surface area contributed by atoms with Gasteiger partial charge in [-0.1, -0.05) is 42.5 Å². The van der Waals surface area contributed by atoms with Crippen LogP contribution >= 0.6 is 0 Å².